The zero-order valence-electron chi connectivity index (χ0n) is 18.0. The maximum atomic E-state index is 11.5. The van der Waals surface area contributed by atoms with Crippen LogP contribution < -0.4 is 4.74 Å². The Morgan fingerprint density at radius 3 is 2.64 bits per heavy atom. The Bertz CT molecular complexity index is 724. The van der Waals surface area contributed by atoms with Crippen LogP contribution in [0.25, 0.3) is 0 Å². The molecule has 6 heteroatoms. The quantitative estimate of drug-likeness (QED) is 0.570. The highest BCUT2D eigenvalue weighted by molar-refractivity contribution is 6.74. The van der Waals surface area contributed by atoms with Crippen LogP contribution in [-0.2, 0) is 20.4 Å². The van der Waals surface area contributed by atoms with E-state index in [0.29, 0.717) is 12.8 Å². The Labute approximate surface area is 169 Å². The molecule has 1 aromatic rings. The second-order valence-corrected chi connectivity index (χ2v) is 14.3. The third-order valence-corrected chi connectivity index (χ3v) is 11.4. The predicted molar refractivity (Wildman–Crippen MR) is 111 cm³/mol. The number of para-hydroxylation sites is 1. The van der Waals surface area contributed by atoms with Gasteiger partial charge in [-0.2, -0.15) is 0 Å². The average Bonchev–Trinajstić information content (AvgIpc) is 3.13. The predicted octanol–water partition coefficient (Wildman–Crippen LogP) is 4.04. The van der Waals surface area contributed by atoms with Crippen molar-refractivity contribution in [1.29, 1.82) is 0 Å². The lowest BCUT2D eigenvalue weighted by Crippen LogP contribution is -2.45. The number of fused-ring (bicyclic) bond motifs is 3. The molecule has 4 atom stereocenters. The molecule has 156 valence electrons. The van der Waals surface area contributed by atoms with Gasteiger partial charge >= 0.3 is 5.97 Å². The molecule has 0 unspecified atom stereocenters. The summed E-state index contributed by atoms with van der Waals surface area (Å²) in [4.78, 5) is 11.5. The van der Waals surface area contributed by atoms with Crippen molar-refractivity contribution in [1.82, 2.24) is 0 Å². The maximum absolute atomic E-state index is 11.5. The summed E-state index contributed by atoms with van der Waals surface area (Å²) < 4.78 is 17.8. The van der Waals surface area contributed by atoms with Crippen LogP contribution in [0.4, 0.5) is 0 Å². The number of rotatable bonds is 6. The molecule has 0 amide bonds. The fourth-order valence-electron chi connectivity index (χ4n) is 4.23. The van der Waals surface area contributed by atoms with Crippen LogP contribution in [-0.4, -0.2) is 45.3 Å². The van der Waals surface area contributed by atoms with Gasteiger partial charge in [0.05, 0.1) is 13.2 Å². The van der Waals surface area contributed by atoms with Crippen molar-refractivity contribution in [3.05, 3.63) is 29.3 Å². The number of esters is 1. The molecule has 1 fully saturated rings. The zero-order chi connectivity index (χ0) is 20.7. The summed E-state index contributed by atoms with van der Waals surface area (Å²) in [5.41, 5.74) is 2.18. The van der Waals surface area contributed by atoms with E-state index in [1.54, 1.807) is 0 Å². The van der Waals surface area contributed by atoms with E-state index in [-0.39, 0.29) is 41.7 Å². The third-order valence-electron chi connectivity index (χ3n) is 6.85. The van der Waals surface area contributed by atoms with Crippen LogP contribution >= 0.6 is 0 Å². The van der Waals surface area contributed by atoms with Gasteiger partial charge in [-0.25, -0.2) is 0 Å². The van der Waals surface area contributed by atoms with Crippen LogP contribution in [0, 0.1) is 5.92 Å². The minimum atomic E-state index is -1.93. The normalized spacial score (nSPS) is 26.5. The monoisotopic (exact) mass is 406 g/mol. The van der Waals surface area contributed by atoms with Crippen molar-refractivity contribution in [2.24, 2.45) is 5.92 Å². The average molecular weight is 407 g/mol. The summed E-state index contributed by atoms with van der Waals surface area (Å²) in [6, 6.07) is 6.13. The molecule has 1 aliphatic carbocycles. The molecular formula is C22H34O5Si. The van der Waals surface area contributed by atoms with Gasteiger partial charge in [-0.1, -0.05) is 39.0 Å². The zero-order valence-corrected chi connectivity index (χ0v) is 19.0. The highest BCUT2D eigenvalue weighted by Gasteiger charge is 2.53. The van der Waals surface area contributed by atoms with E-state index in [0.717, 1.165) is 23.3 Å². The number of aryl methyl sites for hydroxylation is 1. The molecule has 2 aliphatic rings. The van der Waals surface area contributed by atoms with E-state index >= 15 is 0 Å². The van der Waals surface area contributed by atoms with Gasteiger partial charge in [-0.15, -0.1) is 0 Å². The summed E-state index contributed by atoms with van der Waals surface area (Å²) >= 11 is 0. The molecule has 1 saturated carbocycles. The fourth-order valence-corrected chi connectivity index (χ4v) is 5.61. The largest absolute Gasteiger partial charge is 0.489 e. The first-order chi connectivity index (χ1) is 13.1. The Morgan fingerprint density at radius 2 is 2.04 bits per heavy atom. The first kappa shape index (κ1) is 21.3. The molecule has 3 rings (SSSR count). The lowest BCUT2D eigenvalue weighted by Gasteiger charge is -2.40. The van der Waals surface area contributed by atoms with Gasteiger partial charge in [-0.3, -0.25) is 4.79 Å². The van der Waals surface area contributed by atoms with E-state index in [1.807, 2.05) is 12.1 Å². The molecule has 0 aromatic heterocycles. The topological polar surface area (TPSA) is 65.0 Å². The summed E-state index contributed by atoms with van der Waals surface area (Å²) in [5.74, 6) is 0.863. The number of carbonyl (C=O) groups excluding carboxylic acids is 1. The molecule has 0 saturated heterocycles. The molecule has 1 heterocycles. The Kier molecular flexibility index (Phi) is 5.95. The van der Waals surface area contributed by atoms with Crippen molar-refractivity contribution in [3.8, 4) is 5.75 Å². The van der Waals surface area contributed by atoms with Crippen LogP contribution in [0.15, 0.2) is 18.2 Å². The van der Waals surface area contributed by atoms with Crippen LogP contribution in [0.2, 0.25) is 18.1 Å². The minimum Gasteiger partial charge on any atom is -0.489 e. The number of aliphatic hydroxyl groups is 1. The summed E-state index contributed by atoms with van der Waals surface area (Å²) in [5, 5.41) is 10.3. The number of aliphatic hydroxyl groups excluding tert-OH is 1. The number of methoxy groups -OCH3 is 1. The Morgan fingerprint density at radius 1 is 1.32 bits per heavy atom. The smallest absolute Gasteiger partial charge is 0.305 e. The van der Waals surface area contributed by atoms with E-state index in [4.69, 9.17) is 13.9 Å². The number of carbonyl (C=O) groups is 1. The molecule has 1 aliphatic heterocycles. The fraction of sp³-hybridized carbons (Fsp3) is 0.682. The Hall–Kier alpha value is -1.37. The molecule has 0 spiro atoms. The van der Waals surface area contributed by atoms with E-state index in [2.05, 4.69) is 39.9 Å². The summed E-state index contributed by atoms with van der Waals surface area (Å²) in [7, 11) is -0.516. The van der Waals surface area contributed by atoms with Gasteiger partial charge < -0.3 is 19.0 Å². The van der Waals surface area contributed by atoms with Crippen molar-refractivity contribution in [2.45, 2.75) is 76.3 Å². The highest BCUT2D eigenvalue weighted by atomic mass is 28.4. The lowest BCUT2D eigenvalue weighted by atomic mass is 9.87. The van der Waals surface area contributed by atoms with Crippen LogP contribution in [0.3, 0.4) is 0 Å². The van der Waals surface area contributed by atoms with Gasteiger partial charge in [0.1, 0.15) is 11.9 Å². The van der Waals surface area contributed by atoms with E-state index < -0.39 is 8.32 Å². The molecule has 5 nitrogen and oxygen atoms in total. The third kappa shape index (κ3) is 3.87. The van der Waals surface area contributed by atoms with Crippen molar-refractivity contribution < 1.29 is 23.8 Å². The Balaban J connectivity index is 1.81. The van der Waals surface area contributed by atoms with Gasteiger partial charge in [0.25, 0.3) is 0 Å². The first-order valence-corrected chi connectivity index (χ1v) is 13.1. The standard InChI is InChI=1S/C22H34O5Si/c1-22(2,3)28(5,6)27-17-12-18-20(16(17)13-23)15-9-7-8-14(21(15)26-18)10-11-19(24)25-4/h7-9,16-18,20,23H,10-13H2,1-6H3/t16-,17+,18-,20+/m0/s1. The van der Waals surface area contributed by atoms with E-state index in [1.165, 1.54) is 7.11 Å². The molecule has 0 radical (unpaired) electrons. The highest BCUT2D eigenvalue weighted by Crippen LogP contribution is 2.53. The van der Waals surface area contributed by atoms with Crippen molar-refractivity contribution in [2.75, 3.05) is 13.7 Å². The second kappa shape index (κ2) is 7.80. The van der Waals surface area contributed by atoms with Crippen molar-refractivity contribution >= 4 is 14.3 Å². The lowest BCUT2D eigenvalue weighted by molar-refractivity contribution is -0.140. The number of ether oxygens (including phenoxy) is 2. The van der Waals surface area contributed by atoms with Crippen LogP contribution in [0.1, 0.15) is 50.7 Å². The number of benzene rings is 1. The van der Waals surface area contributed by atoms with E-state index in [9.17, 15) is 9.90 Å². The van der Waals surface area contributed by atoms with Gasteiger partial charge in [-0.05, 0) is 30.1 Å². The van der Waals surface area contributed by atoms with Gasteiger partial charge in [0, 0.05) is 36.8 Å². The summed E-state index contributed by atoms with van der Waals surface area (Å²) in [6.45, 7) is 11.3. The SMILES string of the molecule is COC(=O)CCc1cccc2c1O[C@H]1C[C@@H](O[Si](C)(C)C(C)(C)C)[C@H](CO)[C@@H]21. The second-order valence-electron chi connectivity index (χ2n) is 9.59. The molecule has 0 bridgehead atoms. The maximum Gasteiger partial charge on any atom is 0.305 e. The molecule has 1 aromatic carbocycles. The number of hydrogen-bond donors (Lipinski definition) is 1. The van der Waals surface area contributed by atoms with Crippen LogP contribution in [0.5, 0.6) is 5.75 Å². The first-order valence-electron chi connectivity index (χ1n) is 10.2. The van der Waals surface area contributed by atoms with Gasteiger partial charge in [0.15, 0.2) is 8.32 Å². The molecule has 1 N–H and O–H groups in total. The molecular weight excluding hydrogens is 372 g/mol. The van der Waals surface area contributed by atoms with Crippen molar-refractivity contribution in [3.63, 3.8) is 0 Å². The number of hydrogen-bond acceptors (Lipinski definition) is 5. The summed E-state index contributed by atoms with van der Waals surface area (Å²) in [6.07, 6.45) is 1.79. The molecule has 28 heavy (non-hydrogen) atoms. The van der Waals surface area contributed by atoms with Gasteiger partial charge in [0.2, 0.25) is 0 Å². The minimum absolute atomic E-state index is 0.0211.